The fraction of sp³-hybridized carbons (Fsp3) is 0.562. The normalized spacial score (nSPS) is 22.5. The smallest absolute Gasteiger partial charge is 0.230 e. The van der Waals surface area contributed by atoms with Gasteiger partial charge in [0.1, 0.15) is 0 Å². The molecule has 2 aromatic heterocycles. The van der Waals surface area contributed by atoms with Crippen LogP contribution in [0, 0.1) is 5.92 Å². The molecule has 3 rings (SSSR count). The molecule has 1 aliphatic heterocycles. The summed E-state index contributed by atoms with van der Waals surface area (Å²) in [5.41, 5.74) is 1.21. The first kappa shape index (κ1) is 15.1. The second-order valence-corrected chi connectivity index (χ2v) is 6.27. The third-order valence-electron chi connectivity index (χ3n) is 4.06. The van der Waals surface area contributed by atoms with E-state index in [2.05, 4.69) is 20.1 Å². The van der Waals surface area contributed by atoms with Crippen LogP contribution in [0.15, 0.2) is 28.9 Å². The number of aliphatic hydroxyl groups is 1. The maximum Gasteiger partial charge on any atom is 0.230 e. The van der Waals surface area contributed by atoms with Crippen LogP contribution in [0.2, 0.25) is 0 Å². The zero-order valence-electron chi connectivity index (χ0n) is 13.0. The molecule has 118 valence electrons. The van der Waals surface area contributed by atoms with E-state index in [4.69, 9.17) is 4.42 Å². The highest BCUT2D eigenvalue weighted by Crippen LogP contribution is 2.23. The summed E-state index contributed by atoms with van der Waals surface area (Å²) in [6.45, 7) is 6.14. The molecule has 6 nitrogen and oxygen atoms in total. The Balaban J connectivity index is 1.58. The molecule has 0 bridgehead atoms. The Morgan fingerprint density at radius 2 is 2.05 bits per heavy atom. The van der Waals surface area contributed by atoms with Gasteiger partial charge in [-0.2, -0.15) is 0 Å². The number of hydrogen-bond acceptors (Lipinski definition) is 6. The highest BCUT2D eigenvalue weighted by atomic mass is 16.4. The van der Waals surface area contributed by atoms with Crippen molar-refractivity contribution in [3.8, 4) is 0 Å². The molecule has 1 fully saturated rings. The molecule has 0 spiro atoms. The van der Waals surface area contributed by atoms with Gasteiger partial charge in [0.25, 0.3) is 0 Å². The highest BCUT2D eigenvalue weighted by molar-refractivity contribution is 5.11. The molecule has 2 aromatic rings. The number of likely N-dealkylation sites (tertiary alicyclic amines) is 1. The Morgan fingerprint density at radius 3 is 2.73 bits per heavy atom. The Bertz CT molecular complexity index is 599. The summed E-state index contributed by atoms with van der Waals surface area (Å²) in [5.74, 6) is 1.77. The number of β-amino-alcohol motifs (C(OH)–C–C–N with tert-alkyl or cyclic N) is 1. The topological polar surface area (TPSA) is 75.3 Å². The van der Waals surface area contributed by atoms with Gasteiger partial charge in [0.15, 0.2) is 0 Å². The first-order valence-electron chi connectivity index (χ1n) is 7.73. The summed E-state index contributed by atoms with van der Waals surface area (Å²) in [7, 11) is 0. The Hall–Kier alpha value is -1.79. The van der Waals surface area contributed by atoms with E-state index in [1.807, 2.05) is 26.0 Å². The zero-order valence-corrected chi connectivity index (χ0v) is 13.0. The predicted octanol–water partition coefficient (Wildman–Crippen LogP) is 1.62. The maximum atomic E-state index is 10.3. The van der Waals surface area contributed by atoms with Crippen molar-refractivity contribution in [1.82, 2.24) is 20.1 Å². The lowest BCUT2D eigenvalue weighted by molar-refractivity contribution is 0.140. The molecule has 1 aliphatic rings. The SMILES string of the molecule is CC(C)c1nnc(CN2C[C@@H](Cc3ccncc3)[C@H](O)C2)o1. The molecular formula is C16H22N4O2. The minimum atomic E-state index is -0.319. The summed E-state index contributed by atoms with van der Waals surface area (Å²) >= 11 is 0. The molecule has 3 heterocycles. The molecule has 0 unspecified atom stereocenters. The van der Waals surface area contributed by atoms with Gasteiger partial charge in [-0.1, -0.05) is 13.8 Å². The number of aromatic nitrogens is 3. The number of pyridine rings is 1. The van der Waals surface area contributed by atoms with Gasteiger partial charge in [0, 0.05) is 37.3 Å². The van der Waals surface area contributed by atoms with E-state index in [0.717, 1.165) is 13.0 Å². The van der Waals surface area contributed by atoms with Gasteiger partial charge in [-0.3, -0.25) is 9.88 Å². The average Bonchev–Trinajstić information content (AvgIpc) is 3.08. The van der Waals surface area contributed by atoms with Crippen LogP contribution in [0.1, 0.15) is 37.1 Å². The van der Waals surface area contributed by atoms with Crippen molar-refractivity contribution in [3.05, 3.63) is 41.9 Å². The Labute approximate surface area is 130 Å². The third-order valence-corrected chi connectivity index (χ3v) is 4.06. The largest absolute Gasteiger partial charge is 0.424 e. The van der Waals surface area contributed by atoms with Crippen molar-refractivity contribution in [2.24, 2.45) is 5.92 Å². The lowest BCUT2D eigenvalue weighted by atomic mass is 9.97. The average molecular weight is 302 g/mol. The number of hydrogen-bond donors (Lipinski definition) is 1. The van der Waals surface area contributed by atoms with Crippen LogP contribution in [-0.4, -0.2) is 44.4 Å². The van der Waals surface area contributed by atoms with Crippen molar-refractivity contribution >= 4 is 0 Å². The van der Waals surface area contributed by atoms with E-state index in [1.54, 1.807) is 12.4 Å². The van der Waals surface area contributed by atoms with Crippen molar-refractivity contribution in [2.75, 3.05) is 13.1 Å². The van der Waals surface area contributed by atoms with E-state index >= 15 is 0 Å². The van der Waals surface area contributed by atoms with Gasteiger partial charge in [-0.05, 0) is 24.1 Å². The van der Waals surface area contributed by atoms with E-state index in [1.165, 1.54) is 5.56 Å². The summed E-state index contributed by atoms with van der Waals surface area (Å²) in [6.07, 6.45) is 4.13. The van der Waals surface area contributed by atoms with E-state index < -0.39 is 0 Å². The van der Waals surface area contributed by atoms with Crippen molar-refractivity contribution < 1.29 is 9.52 Å². The molecule has 1 N–H and O–H groups in total. The van der Waals surface area contributed by atoms with Crippen LogP contribution in [-0.2, 0) is 13.0 Å². The van der Waals surface area contributed by atoms with Gasteiger partial charge in [-0.15, -0.1) is 10.2 Å². The van der Waals surface area contributed by atoms with E-state index in [9.17, 15) is 5.11 Å². The van der Waals surface area contributed by atoms with E-state index in [0.29, 0.717) is 24.9 Å². The molecule has 6 heteroatoms. The second kappa shape index (κ2) is 6.54. The van der Waals surface area contributed by atoms with Crippen molar-refractivity contribution in [1.29, 1.82) is 0 Å². The van der Waals surface area contributed by atoms with Gasteiger partial charge >= 0.3 is 0 Å². The van der Waals surface area contributed by atoms with Gasteiger partial charge < -0.3 is 9.52 Å². The summed E-state index contributed by atoms with van der Waals surface area (Å²) in [5, 5.41) is 18.4. The van der Waals surface area contributed by atoms with Gasteiger partial charge in [0.05, 0.1) is 12.6 Å². The highest BCUT2D eigenvalue weighted by Gasteiger charge is 2.32. The van der Waals surface area contributed by atoms with Crippen LogP contribution in [0.3, 0.4) is 0 Å². The molecule has 0 aliphatic carbocycles. The van der Waals surface area contributed by atoms with Crippen molar-refractivity contribution in [2.45, 2.75) is 38.8 Å². The van der Waals surface area contributed by atoms with Gasteiger partial charge in [0.2, 0.25) is 11.8 Å². The van der Waals surface area contributed by atoms with E-state index in [-0.39, 0.29) is 17.9 Å². The molecule has 0 amide bonds. The molecule has 0 saturated carbocycles. The molecule has 0 aromatic carbocycles. The quantitative estimate of drug-likeness (QED) is 0.904. The number of rotatable bonds is 5. The Kier molecular flexibility index (Phi) is 4.49. The molecule has 1 saturated heterocycles. The van der Waals surface area contributed by atoms with Crippen LogP contribution >= 0.6 is 0 Å². The maximum absolute atomic E-state index is 10.3. The molecule has 2 atom stereocenters. The summed E-state index contributed by atoms with van der Waals surface area (Å²) in [4.78, 5) is 6.20. The van der Waals surface area contributed by atoms with Gasteiger partial charge in [-0.25, -0.2) is 0 Å². The van der Waals surface area contributed by atoms with Crippen molar-refractivity contribution in [3.63, 3.8) is 0 Å². The van der Waals surface area contributed by atoms with Crippen LogP contribution in [0.25, 0.3) is 0 Å². The molecular weight excluding hydrogens is 280 g/mol. The minimum Gasteiger partial charge on any atom is -0.424 e. The lowest BCUT2D eigenvalue weighted by Gasteiger charge is -2.13. The minimum absolute atomic E-state index is 0.231. The fourth-order valence-electron chi connectivity index (χ4n) is 2.85. The molecule has 0 radical (unpaired) electrons. The second-order valence-electron chi connectivity index (χ2n) is 6.27. The fourth-order valence-corrected chi connectivity index (χ4v) is 2.85. The monoisotopic (exact) mass is 302 g/mol. The van der Waals surface area contributed by atoms with Crippen LogP contribution < -0.4 is 0 Å². The zero-order chi connectivity index (χ0) is 15.5. The predicted molar refractivity (Wildman–Crippen MR) is 81.1 cm³/mol. The number of aliphatic hydroxyl groups excluding tert-OH is 1. The summed E-state index contributed by atoms with van der Waals surface area (Å²) in [6, 6.07) is 4.00. The van der Waals surface area contributed by atoms with Crippen LogP contribution in [0.4, 0.5) is 0 Å². The number of nitrogens with zero attached hydrogens (tertiary/aromatic N) is 4. The van der Waals surface area contributed by atoms with Crippen LogP contribution in [0.5, 0.6) is 0 Å². The lowest BCUT2D eigenvalue weighted by Crippen LogP contribution is -2.21. The third kappa shape index (κ3) is 3.51. The first-order chi connectivity index (χ1) is 10.6. The standard InChI is InChI=1S/C16H22N4O2/c1-11(2)16-19-18-15(22-16)10-20-8-13(14(21)9-20)7-12-3-5-17-6-4-12/h3-6,11,13-14,21H,7-10H2,1-2H3/t13-,14-/m1/s1. The summed E-state index contributed by atoms with van der Waals surface area (Å²) < 4.78 is 5.64. The Morgan fingerprint density at radius 1 is 1.27 bits per heavy atom. The molecule has 22 heavy (non-hydrogen) atoms. The first-order valence-corrected chi connectivity index (χ1v) is 7.73.